The molecule has 0 bridgehead atoms. The first-order valence-electron chi connectivity index (χ1n) is 6.47. The van der Waals surface area contributed by atoms with Crippen LogP contribution >= 0.6 is 0 Å². The number of hydrogen-bond donors (Lipinski definition) is 1. The number of aliphatic carboxylic acids is 1. The predicted octanol–water partition coefficient (Wildman–Crippen LogP) is -1.66. The fourth-order valence-electron chi connectivity index (χ4n) is 2.37. The highest BCUT2D eigenvalue weighted by Crippen LogP contribution is 2.34. The van der Waals surface area contributed by atoms with Gasteiger partial charge in [0.25, 0.3) is 0 Å². The summed E-state index contributed by atoms with van der Waals surface area (Å²) >= 11 is 0. The molecule has 106 valence electrons. The summed E-state index contributed by atoms with van der Waals surface area (Å²) in [5, 5.41) is 10.9. The first kappa shape index (κ1) is 12.7. The summed E-state index contributed by atoms with van der Waals surface area (Å²) in [6, 6.07) is 3.55. The monoisotopic (exact) mass is 277 g/mol. The molecule has 1 aliphatic heterocycles. The van der Waals surface area contributed by atoms with Crippen molar-refractivity contribution in [3.8, 4) is 11.5 Å². The van der Waals surface area contributed by atoms with Crippen LogP contribution in [0.25, 0.3) is 11.0 Å². The highest BCUT2D eigenvalue weighted by Gasteiger charge is 2.18. The lowest BCUT2D eigenvalue weighted by atomic mass is 10.2. The molecule has 1 aliphatic rings. The highest BCUT2D eigenvalue weighted by molar-refractivity contribution is 5.82. The van der Waals surface area contributed by atoms with E-state index in [0.717, 1.165) is 0 Å². The van der Waals surface area contributed by atoms with Gasteiger partial charge in [0.05, 0.1) is 36.5 Å². The van der Waals surface area contributed by atoms with Crippen LogP contribution in [-0.4, -0.2) is 35.3 Å². The van der Waals surface area contributed by atoms with Gasteiger partial charge >= 0.3 is 0 Å². The number of nitrogens with zero attached hydrogens (tertiary/aromatic N) is 2. The molecule has 2 heterocycles. The lowest BCUT2D eigenvalue weighted by Gasteiger charge is -2.18. The number of quaternary nitrogens is 1. The topological polar surface area (TPSA) is 104 Å². The first-order valence-corrected chi connectivity index (χ1v) is 6.47. The van der Waals surface area contributed by atoms with Gasteiger partial charge in [0.1, 0.15) is 19.0 Å². The van der Waals surface area contributed by atoms with E-state index in [2.05, 4.69) is 10.7 Å². The number of imidazole rings is 1. The molecule has 20 heavy (non-hydrogen) atoms. The van der Waals surface area contributed by atoms with Crippen molar-refractivity contribution in [3.63, 3.8) is 0 Å². The number of benzene rings is 1. The average molecular weight is 277 g/mol. The first-order chi connectivity index (χ1) is 9.69. The van der Waals surface area contributed by atoms with Crippen molar-refractivity contribution in [2.45, 2.75) is 13.0 Å². The maximum Gasteiger partial charge on any atom is 0.163 e. The Bertz CT molecular complexity index is 665. The van der Waals surface area contributed by atoms with Crippen molar-refractivity contribution < 1.29 is 25.1 Å². The highest BCUT2D eigenvalue weighted by atomic mass is 16.6. The number of ether oxygens (including phenoxy) is 2. The minimum absolute atomic E-state index is 0.231. The summed E-state index contributed by atoms with van der Waals surface area (Å²) in [6.07, 6.45) is 0.605. The number of aromatic nitrogens is 2. The molecular weight excluding hydrogens is 262 g/mol. The molecule has 0 saturated carbocycles. The molecule has 0 aliphatic carbocycles. The van der Waals surface area contributed by atoms with Gasteiger partial charge in [-0.25, -0.2) is 4.98 Å². The molecule has 1 aromatic heterocycles. The van der Waals surface area contributed by atoms with E-state index in [-0.39, 0.29) is 6.54 Å². The van der Waals surface area contributed by atoms with Crippen LogP contribution in [-0.2, 0) is 17.8 Å². The quantitative estimate of drug-likeness (QED) is 0.720. The van der Waals surface area contributed by atoms with Gasteiger partial charge in [-0.1, -0.05) is 0 Å². The Morgan fingerprint density at radius 1 is 1.35 bits per heavy atom. The van der Waals surface area contributed by atoms with E-state index in [9.17, 15) is 9.90 Å². The molecule has 0 spiro atoms. The normalized spacial score (nSPS) is 13.7. The van der Waals surface area contributed by atoms with Crippen LogP contribution in [0.15, 0.2) is 12.1 Å². The number of rotatable bonds is 4. The third-order valence-electron chi connectivity index (χ3n) is 3.18. The molecule has 1 aromatic carbocycles. The molecule has 2 aromatic rings. The second-order valence-corrected chi connectivity index (χ2v) is 4.57. The Balaban J connectivity index is 2.15. The summed E-state index contributed by atoms with van der Waals surface area (Å²) in [5.41, 5.74) is 5.19. The summed E-state index contributed by atoms with van der Waals surface area (Å²) in [4.78, 5) is 15.4. The molecule has 0 amide bonds. The molecule has 3 N–H and O–H groups in total. The van der Waals surface area contributed by atoms with Gasteiger partial charge in [-0.05, 0) is 0 Å². The minimum Gasteiger partial charge on any atom is -0.548 e. The van der Waals surface area contributed by atoms with Gasteiger partial charge in [-0.15, -0.1) is 0 Å². The average Bonchev–Trinajstić information content (AvgIpc) is 2.74. The molecule has 0 unspecified atom stereocenters. The van der Waals surface area contributed by atoms with E-state index in [1.54, 1.807) is 16.7 Å². The van der Waals surface area contributed by atoms with E-state index < -0.39 is 5.97 Å². The largest absolute Gasteiger partial charge is 0.548 e. The van der Waals surface area contributed by atoms with Crippen molar-refractivity contribution in [1.82, 2.24) is 9.55 Å². The number of fused-ring (bicyclic) bond motifs is 2. The van der Waals surface area contributed by atoms with E-state index in [1.807, 2.05) is 0 Å². The van der Waals surface area contributed by atoms with Crippen molar-refractivity contribution in [2.75, 3.05) is 19.8 Å². The molecule has 0 saturated heterocycles. The minimum atomic E-state index is -1.15. The third kappa shape index (κ3) is 2.16. The Labute approximate surface area is 114 Å². The summed E-state index contributed by atoms with van der Waals surface area (Å²) in [6.45, 7) is 1.40. The van der Waals surface area contributed by atoms with Gasteiger partial charge in [-0.3, -0.25) is 0 Å². The fourth-order valence-corrected chi connectivity index (χ4v) is 2.37. The summed E-state index contributed by atoms with van der Waals surface area (Å²) in [5.74, 6) is 0.790. The molecule has 0 atom stereocenters. The lowest BCUT2D eigenvalue weighted by Crippen LogP contribution is -2.51. The Kier molecular flexibility index (Phi) is 3.19. The molecule has 7 nitrogen and oxygen atoms in total. The van der Waals surface area contributed by atoms with E-state index in [0.29, 0.717) is 54.5 Å². The number of carboxylic acids is 1. The van der Waals surface area contributed by atoms with Crippen molar-refractivity contribution >= 4 is 17.0 Å². The second kappa shape index (κ2) is 5.01. The SMILES string of the molecule is [NH3+]CCc1nc2cc3c(cc2n1CC(=O)[O-])OCCO3. The van der Waals surface area contributed by atoms with Crippen LogP contribution in [0.2, 0.25) is 0 Å². The van der Waals surface area contributed by atoms with E-state index in [4.69, 9.17) is 9.47 Å². The van der Waals surface area contributed by atoms with Gasteiger partial charge < -0.3 is 29.7 Å². The maximum absolute atomic E-state index is 10.9. The summed E-state index contributed by atoms with van der Waals surface area (Å²) < 4.78 is 12.7. The zero-order valence-electron chi connectivity index (χ0n) is 10.9. The molecule has 0 fully saturated rings. The molecule has 0 radical (unpaired) electrons. The number of carbonyl (C=O) groups is 1. The van der Waals surface area contributed by atoms with Crippen LogP contribution in [0.1, 0.15) is 5.82 Å². The van der Waals surface area contributed by atoms with Crippen LogP contribution in [0.5, 0.6) is 11.5 Å². The van der Waals surface area contributed by atoms with E-state index >= 15 is 0 Å². The number of hydrogen-bond acceptors (Lipinski definition) is 5. The zero-order valence-corrected chi connectivity index (χ0v) is 10.9. The smallest absolute Gasteiger partial charge is 0.163 e. The standard InChI is InChI=1S/C13H15N3O4/c14-2-1-12-15-8-5-10-11(20-4-3-19-10)6-9(8)16(12)7-13(17)18/h5-6H,1-4,7,14H2,(H,17,18). The number of carbonyl (C=O) groups excluding carboxylic acids is 1. The second-order valence-electron chi connectivity index (χ2n) is 4.57. The predicted molar refractivity (Wildman–Crippen MR) is 67.2 cm³/mol. The van der Waals surface area contributed by atoms with Crippen LogP contribution in [0.4, 0.5) is 0 Å². The molecule has 3 rings (SSSR count). The Morgan fingerprint density at radius 3 is 2.70 bits per heavy atom. The van der Waals surface area contributed by atoms with Gasteiger partial charge in [-0.2, -0.15) is 0 Å². The molecular formula is C13H15N3O4. The van der Waals surface area contributed by atoms with Crippen LogP contribution in [0, 0.1) is 0 Å². The van der Waals surface area contributed by atoms with Crippen LogP contribution < -0.4 is 20.3 Å². The van der Waals surface area contributed by atoms with Crippen molar-refractivity contribution in [3.05, 3.63) is 18.0 Å². The van der Waals surface area contributed by atoms with Gasteiger partial charge in [0.2, 0.25) is 0 Å². The fraction of sp³-hybridized carbons (Fsp3) is 0.385. The lowest BCUT2D eigenvalue weighted by molar-refractivity contribution is -0.366. The van der Waals surface area contributed by atoms with E-state index in [1.165, 1.54) is 0 Å². The summed E-state index contributed by atoms with van der Waals surface area (Å²) in [7, 11) is 0. The van der Waals surface area contributed by atoms with Crippen LogP contribution in [0.3, 0.4) is 0 Å². The molecule has 7 heteroatoms. The van der Waals surface area contributed by atoms with Crippen molar-refractivity contribution in [2.24, 2.45) is 0 Å². The maximum atomic E-state index is 10.9. The third-order valence-corrected chi connectivity index (χ3v) is 3.18. The van der Waals surface area contributed by atoms with Gasteiger partial charge in [0, 0.05) is 12.1 Å². The Morgan fingerprint density at radius 2 is 2.05 bits per heavy atom. The zero-order chi connectivity index (χ0) is 14.1. The Hall–Kier alpha value is -2.28. The number of carboxylic acid groups (broad SMARTS) is 1. The van der Waals surface area contributed by atoms with Crippen molar-refractivity contribution in [1.29, 1.82) is 0 Å². The van der Waals surface area contributed by atoms with Gasteiger partial charge in [0.15, 0.2) is 11.5 Å².